The van der Waals surface area contributed by atoms with Crippen molar-refractivity contribution in [1.29, 1.82) is 0 Å². The van der Waals surface area contributed by atoms with Crippen LogP contribution in [0.5, 0.6) is 0 Å². The van der Waals surface area contributed by atoms with Gasteiger partial charge in [-0.25, -0.2) is 0 Å². The Balaban J connectivity index is 1.63. The Morgan fingerprint density at radius 3 is 2.39 bits per heavy atom. The number of aliphatic hydroxyl groups excluding tert-OH is 2. The fraction of sp³-hybridized carbons (Fsp3) is 1.00. The van der Waals surface area contributed by atoms with E-state index in [1.165, 1.54) is 25.7 Å². The van der Waals surface area contributed by atoms with Crippen molar-refractivity contribution in [2.24, 2.45) is 34.5 Å². The second-order valence-electron chi connectivity index (χ2n) is 9.77. The van der Waals surface area contributed by atoms with Crippen molar-refractivity contribution in [3.05, 3.63) is 0 Å². The lowest BCUT2D eigenvalue weighted by atomic mass is 9.44. The summed E-state index contributed by atoms with van der Waals surface area (Å²) in [6.07, 6.45) is 9.69. The smallest absolute Gasteiger partial charge is 0.0933 e. The Kier molecular flexibility index (Phi) is 3.69. The minimum absolute atomic E-state index is 0.0792. The van der Waals surface area contributed by atoms with E-state index >= 15 is 0 Å². The predicted molar refractivity (Wildman–Crippen MR) is 89.8 cm³/mol. The highest BCUT2D eigenvalue weighted by atomic mass is 16.3. The molecule has 3 unspecified atom stereocenters. The van der Waals surface area contributed by atoms with Crippen LogP contribution in [0.4, 0.5) is 0 Å². The topological polar surface area (TPSA) is 60.7 Å². The van der Waals surface area contributed by atoms with Crippen LogP contribution in [-0.4, -0.2) is 33.6 Å². The van der Waals surface area contributed by atoms with Gasteiger partial charge in [0.15, 0.2) is 0 Å². The molecular formula is C20H34O3. The summed E-state index contributed by atoms with van der Waals surface area (Å²) in [6, 6.07) is 0. The lowest BCUT2D eigenvalue weighted by Crippen LogP contribution is -2.57. The molecule has 3 heteroatoms. The molecule has 0 aliphatic heterocycles. The maximum atomic E-state index is 11.0. The summed E-state index contributed by atoms with van der Waals surface area (Å²) in [7, 11) is 0. The molecule has 4 saturated carbocycles. The third-order valence-corrected chi connectivity index (χ3v) is 9.22. The normalized spacial score (nSPS) is 59.1. The summed E-state index contributed by atoms with van der Waals surface area (Å²) in [5.74, 6) is 2.73. The van der Waals surface area contributed by atoms with Gasteiger partial charge in [0.05, 0.1) is 18.3 Å². The molecular weight excluding hydrogens is 288 g/mol. The number of hydrogen-bond acceptors (Lipinski definition) is 3. The van der Waals surface area contributed by atoms with Crippen LogP contribution in [0.3, 0.4) is 0 Å². The third kappa shape index (κ3) is 2.05. The van der Waals surface area contributed by atoms with E-state index < -0.39 is 5.60 Å². The van der Waals surface area contributed by atoms with Gasteiger partial charge in [-0.15, -0.1) is 0 Å². The third-order valence-electron chi connectivity index (χ3n) is 9.22. The van der Waals surface area contributed by atoms with E-state index in [1.807, 2.05) is 0 Å². The predicted octanol–water partition coefficient (Wildman–Crippen LogP) is 3.11. The van der Waals surface area contributed by atoms with Crippen molar-refractivity contribution < 1.29 is 15.3 Å². The molecule has 0 spiro atoms. The van der Waals surface area contributed by atoms with E-state index in [9.17, 15) is 15.3 Å². The van der Waals surface area contributed by atoms with Gasteiger partial charge in [0.25, 0.3) is 0 Å². The quantitative estimate of drug-likeness (QED) is 0.695. The Bertz CT molecular complexity index is 480. The maximum absolute atomic E-state index is 11.0. The molecule has 0 saturated heterocycles. The van der Waals surface area contributed by atoms with Gasteiger partial charge in [0, 0.05) is 5.41 Å². The molecule has 0 aromatic rings. The standard InChI is InChI=1S/C20H34O3/c1-18-8-5-14(22)11-13(18)3-4-15-16(18)6-9-19(2)17(15)7-10-20(19,23)12-21/h13-17,21-23H,3-12H2,1-2H3/t13-,14-,15?,16?,17?,18+,19+,20-/m1/s1. The summed E-state index contributed by atoms with van der Waals surface area (Å²) in [5.41, 5.74) is -0.563. The Hall–Kier alpha value is -0.120. The molecule has 4 aliphatic carbocycles. The average Bonchev–Trinajstić information content (AvgIpc) is 2.80. The zero-order valence-electron chi connectivity index (χ0n) is 14.8. The fourth-order valence-corrected chi connectivity index (χ4v) is 7.61. The first-order valence-corrected chi connectivity index (χ1v) is 9.85. The van der Waals surface area contributed by atoms with E-state index in [4.69, 9.17) is 0 Å². The summed E-state index contributed by atoms with van der Waals surface area (Å²) >= 11 is 0. The molecule has 4 aliphatic rings. The molecule has 23 heavy (non-hydrogen) atoms. The molecule has 0 radical (unpaired) electrons. The molecule has 3 N–H and O–H groups in total. The first-order valence-electron chi connectivity index (χ1n) is 9.85. The van der Waals surface area contributed by atoms with Crippen LogP contribution < -0.4 is 0 Å². The Labute approximate surface area is 140 Å². The van der Waals surface area contributed by atoms with Gasteiger partial charge in [-0.05, 0) is 86.9 Å². The number of aliphatic hydroxyl groups is 3. The van der Waals surface area contributed by atoms with Crippen LogP contribution in [-0.2, 0) is 0 Å². The minimum Gasteiger partial charge on any atom is -0.393 e. The van der Waals surface area contributed by atoms with Gasteiger partial charge in [-0.3, -0.25) is 0 Å². The summed E-state index contributed by atoms with van der Waals surface area (Å²) < 4.78 is 0. The number of hydrogen-bond donors (Lipinski definition) is 3. The van der Waals surface area contributed by atoms with Crippen LogP contribution in [0.15, 0.2) is 0 Å². The molecule has 132 valence electrons. The molecule has 8 atom stereocenters. The molecule has 0 amide bonds. The summed E-state index contributed by atoms with van der Waals surface area (Å²) in [6.45, 7) is 4.66. The van der Waals surface area contributed by atoms with Crippen LogP contribution in [0.1, 0.15) is 71.6 Å². The average molecular weight is 322 g/mol. The van der Waals surface area contributed by atoms with Crippen LogP contribution in [0.2, 0.25) is 0 Å². The second-order valence-corrected chi connectivity index (χ2v) is 9.77. The van der Waals surface area contributed by atoms with Crippen molar-refractivity contribution in [3.63, 3.8) is 0 Å². The van der Waals surface area contributed by atoms with Gasteiger partial charge in [0.2, 0.25) is 0 Å². The fourth-order valence-electron chi connectivity index (χ4n) is 7.61. The largest absolute Gasteiger partial charge is 0.393 e. The lowest BCUT2D eigenvalue weighted by Gasteiger charge is -2.61. The highest BCUT2D eigenvalue weighted by Crippen LogP contribution is 2.68. The van der Waals surface area contributed by atoms with E-state index in [1.54, 1.807) is 0 Å². The zero-order chi connectivity index (χ0) is 16.5. The summed E-state index contributed by atoms with van der Waals surface area (Å²) in [4.78, 5) is 0. The van der Waals surface area contributed by atoms with Crippen LogP contribution in [0, 0.1) is 34.5 Å². The lowest BCUT2D eigenvalue weighted by molar-refractivity contribution is -0.168. The van der Waals surface area contributed by atoms with Crippen molar-refractivity contribution in [2.75, 3.05) is 6.61 Å². The van der Waals surface area contributed by atoms with Crippen molar-refractivity contribution in [2.45, 2.75) is 83.3 Å². The van der Waals surface area contributed by atoms with Crippen molar-refractivity contribution in [1.82, 2.24) is 0 Å². The van der Waals surface area contributed by atoms with E-state index in [0.717, 1.165) is 38.0 Å². The maximum Gasteiger partial charge on any atom is 0.0933 e. The monoisotopic (exact) mass is 322 g/mol. The molecule has 0 aromatic carbocycles. The van der Waals surface area contributed by atoms with E-state index in [2.05, 4.69) is 13.8 Å². The molecule has 0 heterocycles. The summed E-state index contributed by atoms with van der Waals surface area (Å²) in [5, 5.41) is 30.9. The highest BCUT2D eigenvalue weighted by Gasteiger charge is 2.64. The van der Waals surface area contributed by atoms with Crippen LogP contribution >= 0.6 is 0 Å². The minimum atomic E-state index is -0.858. The first-order chi connectivity index (χ1) is 10.8. The van der Waals surface area contributed by atoms with Crippen molar-refractivity contribution in [3.8, 4) is 0 Å². The van der Waals surface area contributed by atoms with Gasteiger partial charge in [-0.2, -0.15) is 0 Å². The van der Waals surface area contributed by atoms with Crippen LogP contribution in [0.25, 0.3) is 0 Å². The Morgan fingerprint density at radius 2 is 1.65 bits per heavy atom. The van der Waals surface area contributed by atoms with Gasteiger partial charge in [-0.1, -0.05) is 13.8 Å². The second kappa shape index (κ2) is 5.19. The number of rotatable bonds is 1. The zero-order valence-corrected chi connectivity index (χ0v) is 14.8. The number of fused-ring (bicyclic) bond motifs is 5. The van der Waals surface area contributed by atoms with E-state index in [-0.39, 0.29) is 18.1 Å². The first kappa shape index (κ1) is 16.4. The molecule has 3 nitrogen and oxygen atoms in total. The van der Waals surface area contributed by atoms with Crippen molar-refractivity contribution >= 4 is 0 Å². The molecule has 4 fully saturated rings. The Morgan fingerprint density at radius 1 is 0.913 bits per heavy atom. The molecule has 0 bridgehead atoms. The molecule has 0 aromatic heterocycles. The van der Waals surface area contributed by atoms with Gasteiger partial charge in [0.1, 0.15) is 0 Å². The van der Waals surface area contributed by atoms with Gasteiger partial charge >= 0.3 is 0 Å². The highest BCUT2D eigenvalue weighted by molar-refractivity contribution is 5.13. The van der Waals surface area contributed by atoms with Gasteiger partial charge < -0.3 is 15.3 Å². The molecule has 4 rings (SSSR count). The van der Waals surface area contributed by atoms with E-state index in [0.29, 0.717) is 23.2 Å². The SMILES string of the molecule is C[C@]12CCC3C(CC[C@@H]4C[C@H](O)CC[C@]34C)C1CC[C@@]2(O)CO.